The second kappa shape index (κ2) is 6.38. The van der Waals surface area contributed by atoms with Gasteiger partial charge in [-0.1, -0.05) is 0 Å². The minimum atomic E-state index is -0.933. The van der Waals surface area contributed by atoms with Gasteiger partial charge in [-0.25, -0.2) is 4.79 Å². The fourth-order valence-corrected chi connectivity index (χ4v) is 2.25. The summed E-state index contributed by atoms with van der Waals surface area (Å²) in [7, 11) is 0. The summed E-state index contributed by atoms with van der Waals surface area (Å²) in [5, 5.41) is 16.3. The van der Waals surface area contributed by atoms with Gasteiger partial charge in [-0.05, 0) is 46.6 Å². The third-order valence-electron chi connectivity index (χ3n) is 2.65. The molecule has 0 saturated heterocycles. The summed E-state index contributed by atoms with van der Waals surface area (Å²) in [6, 6.07) is 7.02. The fourth-order valence-electron chi connectivity index (χ4n) is 1.71. The van der Waals surface area contributed by atoms with E-state index >= 15 is 0 Å². The molecule has 1 aromatic heterocycles. The molecule has 6 heteroatoms. The van der Waals surface area contributed by atoms with E-state index in [9.17, 15) is 4.79 Å². The summed E-state index contributed by atoms with van der Waals surface area (Å²) >= 11 is 3.25. The average Bonchev–Trinajstić information content (AvgIpc) is 2.87. The van der Waals surface area contributed by atoms with E-state index < -0.39 is 5.97 Å². The summed E-state index contributed by atoms with van der Waals surface area (Å²) in [4.78, 5) is 10.9. The summed E-state index contributed by atoms with van der Waals surface area (Å²) < 4.78 is 2.46. The van der Waals surface area contributed by atoms with Gasteiger partial charge in [0.15, 0.2) is 0 Å². The van der Waals surface area contributed by atoms with E-state index in [4.69, 9.17) is 5.11 Å². The molecule has 0 unspecified atom stereocenters. The number of nitrogens with one attached hydrogen (secondary N) is 1. The van der Waals surface area contributed by atoms with Crippen molar-refractivity contribution < 1.29 is 9.90 Å². The minimum absolute atomic E-state index is 0.266. The standard InChI is InChI=1S/C13H14BrN3O2/c14-12-9-10(3-4-11(12)13(18)19)15-5-1-7-17-8-2-6-16-17/h2-4,6,8-9,15H,1,5,7H2,(H,18,19). The highest BCUT2D eigenvalue weighted by Gasteiger charge is 2.07. The maximum Gasteiger partial charge on any atom is 0.336 e. The number of aryl methyl sites for hydroxylation is 1. The van der Waals surface area contributed by atoms with Crippen LogP contribution in [0.1, 0.15) is 16.8 Å². The molecule has 0 amide bonds. The molecule has 0 fully saturated rings. The molecular formula is C13H14BrN3O2. The number of hydrogen-bond donors (Lipinski definition) is 2. The Morgan fingerprint density at radius 1 is 1.47 bits per heavy atom. The Bertz CT molecular complexity index is 555. The van der Waals surface area contributed by atoms with E-state index in [1.165, 1.54) is 0 Å². The monoisotopic (exact) mass is 323 g/mol. The van der Waals surface area contributed by atoms with Crippen molar-refractivity contribution in [2.24, 2.45) is 0 Å². The number of benzene rings is 1. The lowest BCUT2D eigenvalue weighted by molar-refractivity contribution is 0.0696. The Balaban J connectivity index is 1.83. The molecule has 0 aliphatic carbocycles. The van der Waals surface area contributed by atoms with Crippen molar-refractivity contribution in [3.8, 4) is 0 Å². The van der Waals surface area contributed by atoms with Crippen LogP contribution >= 0.6 is 15.9 Å². The molecular weight excluding hydrogens is 310 g/mol. The van der Waals surface area contributed by atoms with Crippen LogP contribution < -0.4 is 5.32 Å². The number of carboxylic acids is 1. The highest BCUT2D eigenvalue weighted by molar-refractivity contribution is 9.10. The number of carbonyl (C=O) groups is 1. The van der Waals surface area contributed by atoms with Crippen LogP contribution in [-0.4, -0.2) is 27.4 Å². The molecule has 0 bridgehead atoms. The van der Waals surface area contributed by atoms with Gasteiger partial charge in [0.05, 0.1) is 5.56 Å². The first-order valence-corrected chi connectivity index (χ1v) is 6.70. The zero-order chi connectivity index (χ0) is 13.7. The molecule has 2 aromatic rings. The van der Waals surface area contributed by atoms with Gasteiger partial charge in [-0.15, -0.1) is 0 Å². The quantitative estimate of drug-likeness (QED) is 0.802. The van der Waals surface area contributed by atoms with Gasteiger partial charge in [0.2, 0.25) is 0 Å². The van der Waals surface area contributed by atoms with E-state index in [0.717, 1.165) is 25.2 Å². The van der Waals surface area contributed by atoms with Crippen molar-refractivity contribution >= 4 is 27.6 Å². The van der Waals surface area contributed by atoms with Crippen molar-refractivity contribution in [2.45, 2.75) is 13.0 Å². The van der Waals surface area contributed by atoms with Gasteiger partial charge in [0.1, 0.15) is 0 Å². The SMILES string of the molecule is O=C(O)c1ccc(NCCCn2cccn2)cc1Br. The molecule has 19 heavy (non-hydrogen) atoms. The van der Waals surface area contributed by atoms with Crippen LogP contribution in [0.5, 0.6) is 0 Å². The molecule has 2 rings (SSSR count). The van der Waals surface area contributed by atoms with Crippen LogP contribution in [0.15, 0.2) is 41.1 Å². The first-order chi connectivity index (χ1) is 9.16. The number of nitrogens with zero attached hydrogens (tertiary/aromatic N) is 2. The van der Waals surface area contributed by atoms with Crippen molar-refractivity contribution in [1.29, 1.82) is 0 Å². The first kappa shape index (κ1) is 13.6. The predicted octanol–water partition coefficient (Wildman–Crippen LogP) is 2.85. The smallest absolute Gasteiger partial charge is 0.336 e. The number of hydrogen-bond acceptors (Lipinski definition) is 3. The van der Waals surface area contributed by atoms with Crippen LogP contribution in [0.4, 0.5) is 5.69 Å². The summed E-state index contributed by atoms with van der Waals surface area (Å²) in [6.45, 7) is 1.66. The lowest BCUT2D eigenvalue weighted by Crippen LogP contribution is -2.07. The highest BCUT2D eigenvalue weighted by Crippen LogP contribution is 2.21. The molecule has 1 aromatic carbocycles. The van der Waals surface area contributed by atoms with Crippen molar-refractivity contribution in [1.82, 2.24) is 9.78 Å². The number of aromatic carboxylic acids is 1. The number of aromatic nitrogens is 2. The summed E-state index contributed by atoms with van der Waals surface area (Å²) in [6.07, 6.45) is 4.63. The Morgan fingerprint density at radius 2 is 2.32 bits per heavy atom. The molecule has 0 aliphatic rings. The fraction of sp³-hybridized carbons (Fsp3) is 0.231. The van der Waals surface area contributed by atoms with E-state index in [1.807, 2.05) is 16.9 Å². The maximum absolute atomic E-state index is 10.9. The van der Waals surface area contributed by atoms with Crippen LogP contribution in [0.2, 0.25) is 0 Å². The van der Waals surface area contributed by atoms with E-state index in [0.29, 0.717) is 4.47 Å². The predicted molar refractivity (Wildman–Crippen MR) is 76.4 cm³/mol. The van der Waals surface area contributed by atoms with Crippen molar-refractivity contribution in [2.75, 3.05) is 11.9 Å². The molecule has 5 nitrogen and oxygen atoms in total. The number of rotatable bonds is 6. The van der Waals surface area contributed by atoms with Gasteiger partial charge >= 0.3 is 5.97 Å². The second-order valence-electron chi connectivity index (χ2n) is 4.05. The van der Waals surface area contributed by atoms with Gasteiger partial charge < -0.3 is 10.4 Å². The van der Waals surface area contributed by atoms with Crippen LogP contribution in [0, 0.1) is 0 Å². The minimum Gasteiger partial charge on any atom is -0.478 e. The zero-order valence-electron chi connectivity index (χ0n) is 10.2. The largest absolute Gasteiger partial charge is 0.478 e. The Labute approximate surface area is 119 Å². The first-order valence-electron chi connectivity index (χ1n) is 5.91. The van der Waals surface area contributed by atoms with Crippen molar-refractivity contribution in [3.63, 3.8) is 0 Å². The average molecular weight is 324 g/mol. The Kier molecular flexibility index (Phi) is 4.57. The maximum atomic E-state index is 10.9. The third kappa shape index (κ3) is 3.82. The molecule has 0 aliphatic heterocycles. The van der Waals surface area contributed by atoms with E-state index in [-0.39, 0.29) is 5.56 Å². The Hall–Kier alpha value is -1.82. The van der Waals surface area contributed by atoms with Crippen molar-refractivity contribution in [3.05, 3.63) is 46.7 Å². The molecule has 0 spiro atoms. The van der Waals surface area contributed by atoms with Gasteiger partial charge in [-0.2, -0.15) is 5.10 Å². The van der Waals surface area contributed by atoms with E-state index in [2.05, 4.69) is 26.3 Å². The summed E-state index contributed by atoms with van der Waals surface area (Å²) in [5.41, 5.74) is 1.17. The molecule has 0 radical (unpaired) electrons. The molecule has 100 valence electrons. The molecule has 0 atom stereocenters. The second-order valence-corrected chi connectivity index (χ2v) is 4.90. The number of halogens is 1. The van der Waals surface area contributed by atoms with Gasteiger partial charge in [0.25, 0.3) is 0 Å². The van der Waals surface area contributed by atoms with Gasteiger partial charge in [0, 0.05) is 35.6 Å². The van der Waals surface area contributed by atoms with Crippen LogP contribution in [0.3, 0.4) is 0 Å². The number of anilines is 1. The molecule has 0 saturated carbocycles. The number of carboxylic acid groups (broad SMARTS) is 1. The normalized spacial score (nSPS) is 10.4. The van der Waals surface area contributed by atoms with Crippen LogP contribution in [0.25, 0.3) is 0 Å². The lowest BCUT2D eigenvalue weighted by atomic mass is 10.2. The zero-order valence-corrected chi connectivity index (χ0v) is 11.8. The lowest BCUT2D eigenvalue weighted by Gasteiger charge is -2.08. The Morgan fingerprint density at radius 3 is 2.95 bits per heavy atom. The van der Waals surface area contributed by atoms with E-state index in [1.54, 1.807) is 24.4 Å². The highest BCUT2D eigenvalue weighted by atomic mass is 79.9. The molecule has 1 heterocycles. The van der Waals surface area contributed by atoms with Crippen LogP contribution in [-0.2, 0) is 6.54 Å². The molecule has 2 N–H and O–H groups in total. The third-order valence-corrected chi connectivity index (χ3v) is 3.31. The summed E-state index contributed by atoms with van der Waals surface area (Å²) in [5.74, 6) is -0.933. The topological polar surface area (TPSA) is 67.2 Å². The van der Waals surface area contributed by atoms with Gasteiger partial charge in [-0.3, -0.25) is 4.68 Å².